The lowest BCUT2D eigenvalue weighted by molar-refractivity contribution is -0.154. The monoisotopic (exact) mass is 364 g/mol. The van der Waals surface area contributed by atoms with Crippen molar-refractivity contribution >= 4 is 11.7 Å². The zero-order valence-corrected chi connectivity index (χ0v) is 13.7. The molecule has 0 saturated heterocycles. The molecule has 0 fully saturated rings. The van der Waals surface area contributed by atoms with Gasteiger partial charge in [0, 0.05) is 19.7 Å². The van der Waals surface area contributed by atoms with Gasteiger partial charge in [-0.25, -0.2) is 9.78 Å². The number of hydrogen-bond acceptors (Lipinski definition) is 4. The standard InChI is InChI=1S/C17H15F3N4O2/c1-24(10-13-4-2-3-12(7-13)8-21)16(25)23-14-5-6-15(22-9-14)26-11-17(18,19)20/h2-7,9H,10-11H2,1H3,(H,23,25). The molecular weight excluding hydrogens is 349 g/mol. The minimum atomic E-state index is -4.44. The number of carbonyl (C=O) groups is 1. The van der Waals surface area contributed by atoms with E-state index in [1.54, 1.807) is 31.3 Å². The molecule has 0 atom stereocenters. The van der Waals surface area contributed by atoms with Gasteiger partial charge in [0.1, 0.15) is 0 Å². The van der Waals surface area contributed by atoms with Gasteiger partial charge in [0.15, 0.2) is 6.61 Å². The van der Waals surface area contributed by atoms with E-state index in [2.05, 4.69) is 15.0 Å². The summed E-state index contributed by atoms with van der Waals surface area (Å²) in [6.07, 6.45) is -3.24. The number of nitriles is 1. The van der Waals surface area contributed by atoms with Crippen LogP contribution < -0.4 is 10.1 Å². The fourth-order valence-electron chi connectivity index (χ4n) is 2.00. The second kappa shape index (κ2) is 8.20. The highest BCUT2D eigenvalue weighted by molar-refractivity contribution is 5.88. The molecule has 1 aromatic heterocycles. The summed E-state index contributed by atoms with van der Waals surface area (Å²) in [5.74, 6) is -0.193. The lowest BCUT2D eigenvalue weighted by Crippen LogP contribution is -2.30. The quantitative estimate of drug-likeness (QED) is 0.880. The summed E-state index contributed by atoms with van der Waals surface area (Å²) in [6, 6.07) is 11.1. The Morgan fingerprint density at radius 1 is 1.35 bits per heavy atom. The minimum Gasteiger partial charge on any atom is -0.468 e. The molecule has 0 saturated carbocycles. The summed E-state index contributed by atoms with van der Waals surface area (Å²) in [4.78, 5) is 17.3. The Hall–Kier alpha value is -3.28. The first-order valence-electron chi connectivity index (χ1n) is 7.43. The second-order valence-electron chi connectivity index (χ2n) is 5.39. The fourth-order valence-corrected chi connectivity index (χ4v) is 2.00. The predicted octanol–water partition coefficient (Wildman–Crippen LogP) is 3.56. The summed E-state index contributed by atoms with van der Waals surface area (Å²) < 4.78 is 40.7. The van der Waals surface area contributed by atoms with E-state index in [1.165, 1.54) is 23.2 Å². The molecule has 2 rings (SSSR count). The Morgan fingerprint density at radius 3 is 2.73 bits per heavy atom. The summed E-state index contributed by atoms with van der Waals surface area (Å²) in [7, 11) is 1.57. The molecule has 2 aromatic rings. The Kier molecular flexibility index (Phi) is 6.01. The Morgan fingerprint density at radius 2 is 2.12 bits per heavy atom. The number of anilines is 1. The highest BCUT2D eigenvalue weighted by Gasteiger charge is 2.28. The number of benzene rings is 1. The van der Waals surface area contributed by atoms with Crippen LogP contribution in [0.2, 0.25) is 0 Å². The number of nitrogens with zero attached hydrogens (tertiary/aromatic N) is 3. The summed E-state index contributed by atoms with van der Waals surface area (Å²) in [6.45, 7) is -1.15. The molecule has 0 radical (unpaired) electrons. The number of nitrogens with one attached hydrogen (secondary N) is 1. The Labute approximate surface area is 147 Å². The van der Waals surface area contributed by atoms with Crippen LogP contribution in [-0.4, -0.2) is 35.7 Å². The van der Waals surface area contributed by atoms with Gasteiger partial charge in [-0.15, -0.1) is 0 Å². The third-order valence-electron chi connectivity index (χ3n) is 3.19. The van der Waals surface area contributed by atoms with E-state index in [0.717, 1.165) is 5.56 Å². The number of carbonyl (C=O) groups excluding carboxylic acids is 1. The number of hydrogen-bond donors (Lipinski definition) is 1. The van der Waals surface area contributed by atoms with Crippen molar-refractivity contribution in [2.24, 2.45) is 0 Å². The maximum absolute atomic E-state index is 12.2. The van der Waals surface area contributed by atoms with Gasteiger partial charge in [0.05, 0.1) is 23.5 Å². The number of alkyl halides is 3. The topological polar surface area (TPSA) is 78.2 Å². The van der Waals surface area contributed by atoms with Gasteiger partial charge >= 0.3 is 12.2 Å². The normalized spacial score (nSPS) is 10.7. The van der Waals surface area contributed by atoms with Gasteiger partial charge in [-0.1, -0.05) is 12.1 Å². The number of ether oxygens (including phenoxy) is 1. The van der Waals surface area contributed by atoms with Crippen LogP contribution in [0.4, 0.5) is 23.7 Å². The van der Waals surface area contributed by atoms with Crippen molar-refractivity contribution in [3.05, 3.63) is 53.7 Å². The number of rotatable bonds is 5. The Balaban J connectivity index is 1.91. The molecule has 26 heavy (non-hydrogen) atoms. The maximum Gasteiger partial charge on any atom is 0.422 e. The molecule has 2 amide bonds. The van der Waals surface area contributed by atoms with E-state index in [9.17, 15) is 18.0 Å². The van der Waals surface area contributed by atoms with Crippen molar-refractivity contribution in [1.29, 1.82) is 5.26 Å². The molecule has 0 aliphatic rings. The van der Waals surface area contributed by atoms with Crippen molar-refractivity contribution in [2.75, 3.05) is 19.0 Å². The molecule has 136 valence electrons. The van der Waals surface area contributed by atoms with Crippen LogP contribution in [0.3, 0.4) is 0 Å². The lowest BCUT2D eigenvalue weighted by Gasteiger charge is -2.18. The van der Waals surface area contributed by atoms with Gasteiger partial charge in [-0.3, -0.25) is 0 Å². The van der Waals surface area contributed by atoms with Crippen molar-refractivity contribution in [3.8, 4) is 11.9 Å². The van der Waals surface area contributed by atoms with E-state index >= 15 is 0 Å². The molecular formula is C17H15F3N4O2. The molecule has 1 aromatic carbocycles. The van der Waals surface area contributed by atoms with Crippen molar-refractivity contribution in [1.82, 2.24) is 9.88 Å². The first kappa shape index (κ1) is 19.1. The zero-order chi connectivity index (χ0) is 19.2. The Bertz CT molecular complexity index is 801. The molecule has 9 heteroatoms. The van der Waals surface area contributed by atoms with E-state index in [4.69, 9.17) is 5.26 Å². The van der Waals surface area contributed by atoms with Crippen LogP contribution in [0, 0.1) is 11.3 Å². The fraction of sp³-hybridized carbons (Fsp3) is 0.235. The lowest BCUT2D eigenvalue weighted by atomic mass is 10.1. The first-order valence-corrected chi connectivity index (χ1v) is 7.43. The summed E-state index contributed by atoms with van der Waals surface area (Å²) in [5, 5.41) is 11.5. The maximum atomic E-state index is 12.2. The number of urea groups is 1. The average Bonchev–Trinajstić information content (AvgIpc) is 2.60. The third-order valence-corrected chi connectivity index (χ3v) is 3.19. The molecule has 0 spiro atoms. The van der Waals surface area contributed by atoms with Crippen LogP contribution in [0.1, 0.15) is 11.1 Å². The first-order chi connectivity index (χ1) is 12.3. The van der Waals surface area contributed by atoms with Crippen LogP contribution in [0.15, 0.2) is 42.6 Å². The van der Waals surface area contributed by atoms with Crippen LogP contribution in [-0.2, 0) is 6.54 Å². The number of halogens is 3. The largest absolute Gasteiger partial charge is 0.468 e. The molecule has 0 bridgehead atoms. The molecule has 1 heterocycles. The SMILES string of the molecule is CN(Cc1cccc(C#N)c1)C(=O)Nc1ccc(OCC(F)(F)F)nc1. The van der Waals surface area contributed by atoms with E-state index in [-0.39, 0.29) is 12.4 Å². The van der Waals surface area contributed by atoms with Gasteiger partial charge in [0.2, 0.25) is 5.88 Å². The van der Waals surface area contributed by atoms with Crippen LogP contribution in [0.25, 0.3) is 0 Å². The van der Waals surface area contributed by atoms with E-state index in [0.29, 0.717) is 11.3 Å². The van der Waals surface area contributed by atoms with Crippen LogP contribution >= 0.6 is 0 Å². The second-order valence-corrected chi connectivity index (χ2v) is 5.39. The van der Waals surface area contributed by atoms with Crippen LogP contribution in [0.5, 0.6) is 5.88 Å². The minimum absolute atomic E-state index is 0.193. The highest BCUT2D eigenvalue weighted by Crippen LogP contribution is 2.18. The van der Waals surface area contributed by atoms with Crippen molar-refractivity contribution in [3.63, 3.8) is 0 Å². The van der Waals surface area contributed by atoms with Gasteiger partial charge in [-0.05, 0) is 23.8 Å². The number of amides is 2. The number of pyridine rings is 1. The van der Waals surface area contributed by atoms with Gasteiger partial charge < -0.3 is 15.0 Å². The predicted molar refractivity (Wildman–Crippen MR) is 87.4 cm³/mol. The van der Waals surface area contributed by atoms with E-state index < -0.39 is 18.8 Å². The average molecular weight is 364 g/mol. The number of aromatic nitrogens is 1. The van der Waals surface area contributed by atoms with Crippen molar-refractivity contribution < 1.29 is 22.7 Å². The van der Waals surface area contributed by atoms with Crippen molar-refractivity contribution in [2.45, 2.75) is 12.7 Å². The highest BCUT2D eigenvalue weighted by atomic mass is 19.4. The molecule has 0 unspecified atom stereocenters. The molecule has 6 nitrogen and oxygen atoms in total. The smallest absolute Gasteiger partial charge is 0.422 e. The molecule has 0 aliphatic heterocycles. The molecule has 0 aliphatic carbocycles. The van der Waals surface area contributed by atoms with E-state index in [1.807, 2.05) is 6.07 Å². The van der Waals surface area contributed by atoms with Gasteiger partial charge in [0.25, 0.3) is 0 Å². The summed E-state index contributed by atoms with van der Waals surface area (Å²) in [5.41, 5.74) is 1.60. The zero-order valence-electron chi connectivity index (χ0n) is 13.7. The van der Waals surface area contributed by atoms with Gasteiger partial charge in [-0.2, -0.15) is 18.4 Å². The summed E-state index contributed by atoms with van der Waals surface area (Å²) >= 11 is 0. The molecule has 1 N–H and O–H groups in total. The third kappa shape index (κ3) is 5.98.